The summed E-state index contributed by atoms with van der Waals surface area (Å²) in [6.07, 6.45) is -2.18. The van der Waals surface area contributed by atoms with Gasteiger partial charge < -0.3 is 15.2 Å². The summed E-state index contributed by atoms with van der Waals surface area (Å²) < 4.78 is 39.3. The number of nitrogens with one attached hydrogen (secondary N) is 1. The maximum Gasteiger partial charge on any atom is 0.411 e. The van der Waals surface area contributed by atoms with Crippen molar-refractivity contribution in [2.45, 2.75) is 31.9 Å². The fourth-order valence-corrected chi connectivity index (χ4v) is 1.08. The van der Waals surface area contributed by atoms with Gasteiger partial charge in [0.15, 0.2) is 0 Å². The van der Waals surface area contributed by atoms with Crippen LogP contribution in [-0.4, -0.2) is 43.6 Å². The Morgan fingerprint density at radius 3 is 2.53 bits per heavy atom. The van der Waals surface area contributed by atoms with Crippen molar-refractivity contribution < 1.29 is 27.8 Å². The van der Waals surface area contributed by atoms with E-state index in [0.29, 0.717) is 13.0 Å². The third-order valence-electron chi connectivity index (χ3n) is 1.90. The Morgan fingerprint density at radius 1 is 1.24 bits per heavy atom. The van der Waals surface area contributed by atoms with Gasteiger partial charge in [-0.05, 0) is 19.3 Å². The van der Waals surface area contributed by atoms with E-state index in [1.807, 2.05) is 0 Å². The van der Waals surface area contributed by atoms with E-state index in [9.17, 15) is 18.0 Å². The number of halogens is 3. The monoisotopic (exact) mass is 257 g/mol. The Balaban J connectivity index is 3.29. The molecule has 0 aliphatic carbocycles. The first-order valence-corrected chi connectivity index (χ1v) is 5.48. The Kier molecular flexibility index (Phi) is 8.79. The molecule has 4 nitrogen and oxygen atoms in total. The molecule has 17 heavy (non-hydrogen) atoms. The molecule has 0 saturated heterocycles. The van der Waals surface area contributed by atoms with Crippen molar-refractivity contribution in [1.82, 2.24) is 5.32 Å². The van der Waals surface area contributed by atoms with Gasteiger partial charge in [0.25, 0.3) is 0 Å². The van der Waals surface area contributed by atoms with Crippen LogP contribution in [0.1, 0.15) is 25.7 Å². The van der Waals surface area contributed by atoms with Crippen molar-refractivity contribution in [1.29, 1.82) is 0 Å². The largest absolute Gasteiger partial charge is 0.411 e. The highest BCUT2D eigenvalue weighted by Gasteiger charge is 2.27. The summed E-state index contributed by atoms with van der Waals surface area (Å²) in [4.78, 5) is 11.1. The van der Waals surface area contributed by atoms with Crippen LogP contribution in [0.25, 0.3) is 0 Å². The number of amides is 1. The predicted molar refractivity (Wildman–Crippen MR) is 55.4 cm³/mol. The van der Waals surface area contributed by atoms with E-state index in [0.717, 1.165) is 12.8 Å². The maximum atomic E-state index is 11.7. The van der Waals surface area contributed by atoms with Gasteiger partial charge in [-0.3, -0.25) is 4.79 Å². The molecule has 102 valence electrons. The number of hydrogen-bond acceptors (Lipinski definition) is 3. The van der Waals surface area contributed by atoms with E-state index in [2.05, 4.69) is 10.1 Å². The summed E-state index contributed by atoms with van der Waals surface area (Å²) in [5.74, 6) is -0.323. The molecule has 0 aliphatic rings. The quantitative estimate of drug-likeness (QED) is 0.611. The number of aliphatic hydroxyl groups excluding tert-OH is 1. The topological polar surface area (TPSA) is 58.6 Å². The minimum atomic E-state index is -4.35. The third kappa shape index (κ3) is 13.1. The Morgan fingerprint density at radius 2 is 1.94 bits per heavy atom. The van der Waals surface area contributed by atoms with Crippen LogP contribution in [0.15, 0.2) is 0 Å². The highest BCUT2D eigenvalue weighted by atomic mass is 19.4. The molecule has 0 heterocycles. The average Bonchev–Trinajstić information content (AvgIpc) is 2.23. The molecule has 0 aliphatic heterocycles. The smallest absolute Gasteiger partial charge is 0.396 e. The molecule has 0 aromatic rings. The molecule has 0 unspecified atom stereocenters. The summed E-state index contributed by atoms with van der Waals surface area (Å²) in [5, 5.41) is 11.0. The lowest BCUT2D eigenvalue weighted by Gasteiger charge is -2.08. The van der Waals surface area contributed by atoms with Crippen LogP contribution >= 0.6 is 0 Å². The van der Waals surface area contributed by atoms with Crippen molar-refractivity contribution in [2.24, 2.45) is 0 Å². The standard InChI is InChI=1S/C10H18F3NO3/c11-10(12,13)8-17-7-4-9(16)14-5-2-1-3-6-15/h15H,1-8H2,(H,14,16). The first-order chi connectivity index (χ1) is 7.95. The number of hydrogen-bond donors (Lipinski definition) is 2. The first-order valence-electron chi connectivity index (χ1n) is 5.48. The zero-order chi connectivity index (χ0) is 13.1. The number of rotatable bonds is 9. The second-order valence-electron chi connectivity index (χ2n) is 3.55. The highest BCUT2D eigenvalue weighted by Crippen LogP contribution is 2.14. The minimum Gasteiger partial charge on any atom is -0.396 e. The van der Waals surface area contributed by atoms with Gasteiger partial charge in [-0.2, -0.15) is 13.2 Å². The summed E-state index contributed by atoms with van der Waals surface area (Å²) in [7, 11) is 0. The van der Waals surface area contributed by atoms with E-state index >= 15 is 0 Å². The first kappa shape index (κ1) is 16.2. The number of carbonyl (C=O) groups excluding carboxylic acids is 1. The van der Waals surface area contributed by atoms with Crippen molar-refractivity contribution >= 4 is 5.91 Å². The Hall–Kier alpha value is -0.820. The van der Waals surface area contributed by atoms with Crippen LogP contribution in [0, 0.1) is 0 Å². The van der Waals surface area contributed by atoms with Gasteiger partial charge in [-0.25, -0.2) is 0 Å². The second kappa shape index (κ2) is 9.23. The van der Waals surface area contributed by atoms with Gasteiger partial charge in [0.2, 0.25) is 5.91 Å². The molecule has 0 spiro atoms. The normalized spacial score (nSPS) is 11.5. The minimum absolute atomic E-state index is 0.0733. The van der Waals surface area contributed by atoms with Crippen molar-refractivity contribution in [3.05, 3.63) is 0 Å². The summed E-state index contributed by atoms with van der Waals surface area (Å²) in [6.45, 7) is -0.962. The SMILES string of the molecule is O=C(CCOCC(F)(F)F)NCCCCCO. The fourth-order valence-electron chi connectivity index (χ4n) is 1.08. The maximum absolute atomic E-state index is 11.7. The molecule has 7 heteroatoms. The highest BCUT2D eigenvalue weighted by molar-refractivity contribution is 5.75. The predicted octanol–water partition coefficient (Wildman–Crippen LogP) is 1.23. The molecular formula is C10H18F3NO3. The van der Waals surface area contributed by atoms with Crippen LogP contribution in [-0.2, 0) is 9.53 Å². The number of alkyl halides is 3. The summed E-state index contributed by atoms with van der Waals surface area (Å²) in [6, 6.07) is 0. The number of unbranched alkanes of at least 4 members (excludes halogenated alkanes) is 2. The van der Waals surface area contributed by atoms with Crippen LogP contribution in [0.5, 0.6) is 0 Å². The molecule has 0 bridgehead atoms. The molecule has 0 aromatic carbocycles. The lowest BCUT2D eigenvalue weighted by molar-refractivity contribution is -0.174. The van der Waals surface area contributed by atoms with Crippen molar-refractivity contribution in [3.8, 4) is 0 Å². The molecule has 0 atom stereocenters. The second-order valence-corrected chi connectivity index (χ2v) is 3.55. The van der Waals surface area contributed by atoms with Crippen molar-refractivity contribution in [3.63, 3.8) is 0 Å². The Labute approximate surface area is 98.1 Å². The number of aliphatic hydroxyl groups is 1. The molecular weight excluding hydrogens is 239 g/mol. The zero-order valence-corrected chi connectivity index (χ0v) is 9.55. The van der Waals surface area contributed by atoms with Gasteiger partial charge in [0, 0.05) is 19.6 Å². The van der Waals surface area contributed by atoms with Gasteiger partial charge in [0.05, 0.1) is 6.61 Å². The molecule has 0 rings (SSSR count). The van der Waals surface area contributed by atoms with E-state index in [-0.39, 0.29) is 25.5 Å². The zero-order valence-electron chi connectivity index (χ0n) is 9.55. The van der Waals surface area contributed by atoms with E-state index in [1.54, 1.807) is 0 Å². The van der Waals surface area contributed by atoms with E-state index in [1.165, 1.54) is 0 Å². The van der Waals surface area contributed by atoms with Crippen LogP contribution < -0.4 is 5.32 Å². The lowest BCUT2D eigenvalue weighted by Crippen LogP contribution is -2.26. The van der Waals surface area contributed by atoms with Crippen molar-refractivity contribution in [2.75, 3.05) is 26.4 Å². The lowest BCUT2D eigenvalue weighted by atomic mass is 10.2. The van der Waals surface area contributed by atoms with E-state index < -0.39 is 12.8 Å². The van der Waals surface area contributed by atoms with Crippen LogP contribution in [0.4, 0.5) is 13.2 Å². The van der Waals surface area contributed by atoms with Gasteiger partial charge in [-0.1, -0.05) is 0 Å². The molecule has 0 aromatic heterocycles. The van der Waals surface area contributed by atoms with Gasteiger partial charge in [-0.15, -0.1) is 0 Å². The van der Waals surface area contributed by atoms with Crippen LogP contribution in [0.2, 0.25) is 0 Å². The van der Waals surface area contributed by atoms with Gasteiger partial charge in [0.1, 0.15) is 6.61 Å². The molecule has 0 radical (unpaired) electrons. The molecule has 1 amide bonds. The number of carbonyl (C=O) groups is 1. The molecule has 0 saturated carbocycles. The van der Waals surface area contributed by atoms with E-state index in [4.69, 9.17) is 5.11 Å². The molecule has 0 fully saturated rings. The summed E-state index contributed by atoms with van der Waals surface area (Å²) in [5.41, 5.74) is 0. The van der Waals surface area contributed by atoms with Gasteiger partial charge >= 0.3 is 6.18 Å². The Bertz CT molecular complexity index is 209. The molecule has 2 N–H and O–H groups in total. The fraction of sp³-hybridized carbons (Fsp3) is 0.900. The number of ether oxygens (including phenoxy) is 1. The average molecular weight is 257 g/mol. The third-order valence-corrected chi connectivity index (χ3v) is 1.90. The van der Waals surface area contributed by atoms with Crippen LogP contribution in [0.3, 0.4) is 0 Å². The summed E-state index contributed by atoms with van der Waals surface area (Å²) >= 11 is 0.